The van der Waals surface area contributed by atoms with Crippen LogP contribution in [-0.2, 0) is 9.53 Å². The number of morpholine rings is 1. The smallest absolute Gasteiger partial charge is 0.318 e. The fourth-order valence-corrected chi connectivity index (χ4v) is 4.50. The molecular weight excluding hydrogens is 480 g/mol. The number of benzene rings is 2. The van der Waals surface area contributed by atoms with Crippen LogP contribution in [-0.4, -0.2) is 84.4 Å². The Bertz CT molecular complexity index is 1140. The number of hydrogen-bond acceptors (Lipinski definition) is 5. The molecule has 2 aliphatic rings. The van der Waals surface area contributed by atoms with Gasteiger partial charge >= 0.3 is 6.03 Å². The molecule has 0 unspecified atom stereocenters. The second-order valence-electron chi connectivity index (χ2n) is 9.49. The third kappa shape index (κ3) is 6.69. The van der Waals surface area contributed by atoms with E-state index < -0.39 is 23.6 Å². The fraction of sp³-hybridized carbons (Fsp3) is 0.444. The Morgan fingerprint density at radius 3 is 2.43 bits per heavy atom. The number of amides is 3. The second-order valence-corrected chi connectivity index (χ2v) is 9.49. The van der Waals surface area contributed by atoms with Gasteiger partial charge in [0, 0.05) is 49.8 Å². The predicted molar refractivity (Wildman–Crippen MR) is 136 cm³/mol. The van der Waals surface area contributed by atoms with E-state index in [2.05, 4.69) is 15.3 Å². The van der Waals surface area contributed by atoms with Crippen molar-refractivity contribution < 1.29 is 23.1 Å². The van der Waals surface area contributed by atoms with Gasteiger partial charge < -0.3 is 15.0 Å². The summed E-state index contributed by atoms with van der Waals surface area (Å²) in [6, 6.07) is 11.1. The molecule has 0 saturated carbocycles. The molecule has 0 spiro atoms. The molecule has 0 aromatic heterocycles. The number of ether oxygens (including phenoxy) is 1. The third-order valence-corrected chi connectivity index (χ3v) is 6.43. The van der Waals surface area contributed by atoms with Crippen molar-refractivity contribution in [2.45, 2.75) is 32.4 Å². The van der Waals surface area contributed by atoms with E-state index in [0.29, 0.717) is 32.0 Å². The number of hydrazone groups is 1. The maximum atomic E-state index is 14.8. The average Bonchev–Trinajstić information content (AvgIpc) is 3.32. The van der Waals surface area contributed by atoms with Gasteiger partial charge in [0.05, 0.1) is 25.0 Å². The standard InChI is InChI=1S/C27H33F2N5O3/c1-19(2)30-27(36)33(12-11-32-13-15-37-16-14-32)18-26(35)34-25(21-8-4-6-10-23(21)29)17-24(31-34)20-7-3-5-9-22(20)28/h3-10,19,25H,11-18H2,1-2H3,(H,30,36)/t25-/m1/s1. The third-order valence-electron chi connectivity index (χ3n) is 6.43. The van der Waals surface area contributed by atoms with Gasteiger partial charge in [0.1, 0.15) is 18.2 Å². The van der Waals surface area contributed by atoms with Crippen molar-refractivity contribution in [2.75, 3.05) is 45.9 Å². The number of carbonyl (C=O) groups excluding carboxylic acids is 2. The van der Waals surface area contributed by atoms with E-state index in [1.54, 1.807) is 36.4 Å². The topological polar surface area (TPSA) is 77.5 Å². The quantitative estimate of drug-likeness (QED) is 0.587. The van der Waals surface area contributed by atoms with Gasteiger partial charge in [0.2, 0.25) is 0 Å². The Morgan fingerprint density at radius 1 is 1.08 bits per heavy atom. The van der Waals surface area contributed by atoms with Crippen LogP contribution in [0.15, 0.2) is 53.6 Å². The Morgan fingerprint density at radius 2 is 1.76 bits per heavy atom. The number of rotatable bonds is 8. The molecule has 198 valence electrons. The molecule has 2 aromatic carbocycles. The van der Waals surface area contributed by atoms with Crippen LogP contribution in [0.5, 0.6) is 0 Å². The molecule has 0 bridgehead atoms. The molecular formula is C27H33F2N5O3. The number of urea groups is 1. The van der Waals surface area contributed by atoms with Crippen LogP contribution >= 0.6 is 0 Å². The first-order chi connectivity index (χ1) is 17.8. The van der Waals surface area contributed by atoms with Crippen molar-refractivity contribution in [1.82, 2.24) is 20.1 Å². The summed E-state index contributed by atoms with van der Waals surface area (Å²) in [7, 11) is 0. The van der Waals surface area contributed by atoms with E-state index in [1.807, 2.05) is 13.8 Å². The molecule has 2 heterocycles. The molecule has 1 fully saturated rings. The van der Waals surface area contributed by atoms with E-state index in [1.165, 1.54) is 22.0 Å². The summed E-state index contributed by atoms with van der Waals surface area (Å²) in [4.78, 5) is 30.2. The predicted octanol–water partition coefficient (Wildman–Crippen LogP) is 3.39. The minimum atomic E-state index is -0.752. The Hall–Kier alpha value is -3.37. The molecule has 3 amide bonds. The summed E-state index contributed by atoms with van der Waals surface area (Å²) in [5.41, 5.74) is 0.907. The molecule has 1 N–H and O–H groups in total. The van der Waals surface area contributed by atoms with Gasteiger partial charge in [-0.3, -0.25) is 9.69 Å². The highest BCUT2D eigenvalue weighted by atomic mass is 19.1. The number of halogens is 2. The van der Waals surface area contributed by atoms with E-state index in [0.717, 1.165) is 13.1 Å². The largest absolute Gasteiger partial charge is 0.379 e. The average molecular weight is 514 g/mol. The van der Waals surface area contributed by atoms with Gasteiger partial charge in [0.25, 0.3) is 5.91 Å². The number of nitrogens with zero attached hydrogens (tertiary/aromatic N) is 4. The van der Waals surface area contributed by atoms with Gasteiger partial charge in [-0.2, -0.15) is 5.10 Å². The van der Waals surface area contributed by atoms with E-state index in [4.69, 9.17) is 4.74 Å². The van der Waals surface area contributed by atoms with E-state index in [-0.39, 0.29) is 36.2 Å². The molecule has 4 rings (SSSR count). The Labute approximate surface area is 215 Å². The van der Waals surface area contributed by atoms with Crippen LogP contribution < -0.4 is 5.32 Å². The molecule has 1 atom stereocenters. The Kier molecular flexibility index (Phi) is 8.83. The summed E-state index contributed by atoms with van der Waals surface area (Å²) < 4.78 is 34.7. The SMILES string of the molecule is CC(C)NC(=O)N(CCN1CCOCC1)CC(=O)N1N=C(c2ccccc2F)C[C@@H]1c1ccccc1F. The van der Waals surface area contributed by atoms with Crippen LogP contribution in [0.3, 0.4) is 0 Å². The summed E-state index contributed by atoms with van der Waals surface area (Å²) in [6.45, 7) is 7.12. The van der Waals surface area contributed by atoms with Crippen molar-refractivity contribution in [3.63, 3.8) is 0 Å². The fourth-order valence-electron chi connectivity index (χ4n) is 4.50. The van der Waals surface area contributed by atoms with E-state index >= 15 is 0 Å². The van der Waals surface area contributed by atoms with Gasteiger partial charge in [-0.25, -0.2) is 18.6 Å². The molecule has 10 heteroatoms. The normalized spacial score (nSPS) is 18.1. The molecule has 8 nitrogen and oxygen atoms in total. The van der Waals surface area contributed by atoms with Crippen molar-refractivity contribution in [3.8, 4) is 0 Å². The highest BCUT2D eigenvalue weighted by molar-refractivity contribution is 6.03. The van der Waals surface area contributed by atoms with Crippen LogP contribution in [0.1, 0.15) is 37.4 Å². The highest BCUT2D eigenvalue weighted by Crippen LogP contribution is 2.34. The van der Waals surface area contributed by atoms with Crippen LogP contribution in [0.25, 0.3) is 0 Å². The summed E-state index contributed by atoms with van der Waals surface area (Å²) >= 11 is 0. The first-order valence-corrected chi connectivity index (χ1v) is 12.6. The number of nitrogens with one attached hydrogen (secondary N) is 1. The van der Waals surface area contributed by atoms with Crippen LogP contribution in [0, 0.1) is 11.6 Å². The van der Waals surface area contributed by atoms with Crippen LogP contribution in [0.2, 0.25) is 0 Å². The number of hydrogen-bond donors (Lipinski definition) is 1. The lowest BCUT2D eigenvalue weighted by molar-refractivity contribution is -0.133. The minimum absolute atomic E-state index is 0.114. The lowest BCUT2D eigenvalue weighted by atomic mass is 9.97. The first-order valence-electron chi connectivity index (χ1n) is 12.6. The van der Waals surface area contributed by atoms with Gasteiger partial charge in [-0.1, -0.05) is 36.4 Å². The molecule has 2 aliphatic heterocycles. The van der Waals surface area contributed by atoms with Crippen molar-refractivity contribution in [3.05, 3.63) is 71.3 Å². The summed E-state index contributed by atoms with van der Waals surface area (Å²) in [6.07, 6.45) is 0.152. The zero-order valence-corrected chi connectivity index (χ0v) is 21.2. The number of carbonyl (C=O) groups is 2. The lowest BCUT2D eigenvalue weighted by Gasteiger charge is -2.31. The molecule has 1 saturated heterocycles. The van der Waals surface area contributed by atoms with E-state index in [9.17, 15) is 18.4 Å². The highest BCUT2D eigenvalue weighted by Gasteiger charge is 2.36. The van der Waals surface area contributed by atoms with Crippen molar-refractivity contribution in [1.29, 1.82) is 0 Å². The zero-order chi connectivity index (χ0) is 26.4. The zero-order valence-electron chi connectivity index (χ0n) is 21.2. The second kappa shape index (κ2) is 12.2. The molecule has 37 heavy (non-hydrogen) atoms. The summed E-state index contributed by atoms with van der Waals surface area (Å²) in [5, 5.41) is 8.50. The first kappa shape index (κ1) is 26.7. The van der Waals surface area contributed by atoms with Gasteiger partial charge in [-0.15, -0.1) is 0 Å². The molecule has 0 radical (unpaired) electrons. The minimum Gasteiger partial charge on any atom is -0.379 e. The molecule has 2 aromatic rings. The van der Waals surface area contributed by atoms with Crippen molar-refractivity contribution in [2.24, 2.45) is 5.10 Å². The lowest BCUT2D eigenvalue weighted by Crippen LogP contribution is -2.50. The van der Waals surface area contributed by atoms with Crippen molar-refractivity contribution >= 4 is 17.6 Å². The van der Waals surface area contributed by atoms with Gasteiger partial charge in [-0.05, 0) is 26.0 Å². The monoisotopic (exact) mass is 513 g/mol. The van der Waals surface area contributed by atoms with Crippen LogP contribution in [0.4, 0.5) is 13.6 Å². The summed E-state index contributed by atoms with van der Waals surface area (Å²) in [5.74, 6) is -1.41. The molecule has 0 aliphatic carbocycles. The van der Waals surface area contributed by atoms with Gasteiger partial charge in [0.15, 0.2) is 0 Å². The maximum Gasteiger partial charge on any atom is 0.318 e. The Balaban J connectivity index is 1.58. The maximum absolute atomic E-state index is 14.8.